The van der Waals surface area contributed by atoms with Crippen LogP contribution in [0.5, 0.6) is 0 Å². The fourth-order valence-electron chi connectivity index (χ4n) is 1.33. The van der Waals surface area contributed by atoms with E-state index in [0.29, 0.717) is 30.4 Å². The third kappa shape index (κ3) is 4.12. The van der Waals surface area contributed by atoms with Gasteiger partial charge in [-0.25, -0.2) is 4.39 Å². The highest BCUT2D eigenvalue weighted by atomic mass is 79.9. The lowest BCUT2D eigenvalue weighted by molar-refractivity contribution is 0.0775. The summed E-state index contributed by atoms with van der Waals surface area (Å²) in [4.78, 5) is 13.6. The van der Waals surface area contributed by atoms with Gasteiger partial charge in [0.1, 0.15) is 5.82 Å². The summed E-state index contributed by atoms with van der Waals surface area (Å²) in [6, 6.07) is 4.14. The summed E-state index contributed by atoms with van der Waals surface area (Å²) in [6.07, 6.45) is 0. The number of halogens is 4. The van der Waals surface area contributed by atoms with Crippen LogP contribution in [0.2, 0.25) is 0 Å². The number of rotatable bonds is 5. The zero-order valence-corrected chi connectivity index (χ0v) is 12.0. The second-order valence-corrected chi connectivity index (χ2v) is 4.91. The minimum Gasteiger partial charge on any atom is -0.336 e. The summed E-state index contributed by atoms with van der Waals surface area (Å²) in [5.74, 6) is 0.0745. The lowest BCUT2D eigenvalue weighted by atomic mass is 10.2. The fraction of sp³-hybridized carbons (Fsp3) is 0.364. The number of carbonyl (C=O) groups excluding carboxylic acids is 1. The van der Waals surface area contributed by atoms with Gasteiger partial charge in [-0.3, -0.25) is 4.79 Å². The standard InChI is InChI=1S/C11H11BrCl2FNO/c12-9-7-8(1-2-10(9)15)11(17)16(5-3-13)6-4-14/h1-2,7H,3-6H2. The lowest BCUT2D eigenvalue weighted by Gasteiger charge is -2.20. The van der Waals surface area contributed by atoms with Crippen molar-refractivity contribution >= 4 is 45.0 Å². The molecule has 0 heterocycles. The number of amides is 1. The maximum Gasteiger partial charge on any atom is 0.253 e. The molecule has 1 rings (SSSR count). The van der Waals surface area contributed by atoms with Crippen molar-refractivity contribution in [1.29, 1.82) is 0 Å². The first-order chi connectivity index (χ1) is 8.10. The van der Waals surface area contributed by atoms with E-state index in [2.05, 4.69) is 15.9 Å². The highest BCUT2D eigenvalue weighted by Crippen LogP contribution is 2.18. The zero-order valence-electron chi connectivity index (χ0n) is 8.93. The molecule has 0 saturated carbocycles. The van der Waals surface area contributed by atoms with Crippen LogP contribution in [-0.2, 0) is 0 Å². The van der Waals surface area contributed by atoms with E-state index in [1.165, 1.54) is 18.2 Å². The maximum atomic E-state index is 13.0. The molecule has 0 bridgehead atoms. The van der Waals surface area contributed by atoms with Crippen LogP contribution in [0.4, 0.5) is 4.39 Å². The van der Waals surface area contributed by atoms with E-state index < -0.39 is 5.82 Å². The molecule has 0 unspecified atom stereocenters. The van der Waals surface area contributed by atoms with Gasteiger partial charge in [0.2, 0.25) is 0 Å². The SMILES string of the molecule is O=C(c1ccc(F)c(Br)c1)N(CCCl)CCCl. The number of nitrogens with zero attached hydrogens (tertiary/aromatic N) is 1. The Bertz CT molecular complexity index is 397. The monoisotopic (exact) mass is 341 g/mol. The van der Waals surface area contributed by atoms with Gasteiger partial charge in [-0.2, -0.15) is 0 Å². The highest BCUT2D eigenvalue weighted by Gasteiger charge is 2.15. The zero-order chi connectivity index (χ0) is 12.8. The van der Waals surface area contributed by atoms with Crippen molar-refractivity contribution in [3.8, 4) is 0 Å². The Balaban J connectivity index is 2.88. The van der Waals surface area contributed by atoms with Crippen LogP contribution in [0.25, 0.3) is 0 Å². The molecule has 6 heteroatoms. The summed E-state index contributed by atoms with van der Waals surface area (Å²) < 4.78 is 13.3. The molecule has 0 fully saturated rings. The van der Waals surface area contributed by atoms with Crippen LogP contribution in [0, 0.1) is 5.82 Å². The molecule has 0 aliphatic heterocycles. The molecule has 0 spiro atoms. The molecule has 1 amide bonds. The molecule has 0 radical (unpaired) electrons. The van der Waals surface area contributed by atoms with Crippen LogP contribution in [0.3, 0.4) is 0 Å². The summed E-state index contributed by atoms with van der Waals surface area (Å²) in [6.45, 7) is 0.838. The van der Waals surface area contributed by atoms with Gasteiger partial charge in [-0.15, -0.1) is 23.2 Å². The maximum absolute atomic E-state index is 13.0. The van der Waals surface area contributed by atoms with E-state index in [1.54, 1.807) is 4.90 Å². The Labute approximate surface area is 118 Å². The largest absolute Gasteiger partial charge is 0.336 e. The van der Waals surface area contributed by atoms with E-state index in [0.717, 1.165) is 0 Å². The molecule has 0 N–H and O–H groups in total. The van der Waals surface area contributed by atoms with Crippen LogP contribution in [0.15, 0.2) is 22.7 Å². The first kappa shape index (κ1) is 14.7. The van der Waals surface area contributed by atoms with Crippen LogP contribution in [-0.4, -0.2) is 35.7 Å². The number of alkyl halides is 2. The third-order valence-corrected chi connectivity index (χ3v) is 3.11. The minimum atomic E-state index is -0.400. The van der Waals surface area contributed by atoms with E-state index in [9.17, 15) is 9.18 Å². The molecular formula is C11H11BrCl2FNO. The molecule has 2 nitrogen and oxygen atoms in total. The second kappa shape index (κ2) is 7.19. The van der Waals surface area contributed by atoms with Crippen molar-refractivity contribution in [2.75, 3.05) is 24.8 Å². The second-order valence-electron chi connectivity index (χ2n) is 3.30. The molecule has 0 aromatic heterocycles. The minimum absolute atomic E-state index is 0.202. The lowest BCUT2D eigenvalue weighted by Crippen LogP contribution is -2.34. The first-order valence-electron chi connectivity index (χ1n) is 4.96. The number of hydrogen-bond donors (Lipinski definition) is 0. The summed E-state index contributed by atoms with van der Waals surface area (Å²) in [5, 5.41) is 0. The molecular weight excluding hydrogens is 332 g/mol. The summed E-state index contributed by atoms with van der Waals surface area (Å²) >= 11 is 14.3. The Morgan fingerprint density at radius 2 is 1.88 bits per heavy atom. The van der Waals surface area contributed by atoms with Crippen molar-refractivity contribution < 1.29 is 9.18 Å². The highest BCUT2D eigenvalue weighted by molar-refractivity contribution is 9.10. The number of hydrogen-bond acceptors (Lipinski definition) is 1. The Morgan fingerprint density at radius 3 is 2.35 bits per heavy atom. The average Bonchev–Trinajstić information content (AvgIpc) is 2.31. The molecule has 94 valence electrons. The van der Waals surface area contributed by atoms with Gasteiger partial charge >= 0.3 is 0 Å². The average molecular weight is 343 g/mol. The molecule has 0 atom stereocenters. The van der Waals surface area contributed by atoms with Gasteiger partial charge in [-0.05, 0) is 34.1 Å². The van der Waals surface area contributed by atoms with Gasteiger partial charge in [0.15, 0.2) is 0 Å². The Kier molecular flexibility index (Phi) is 6.23. The van der Waals surface area contributed by atoms with Crippen LogP contribution < -0.4 is 0 Å². The van der Waals surface area contributed by atoms with Gasteiger partial charge in [0.25, 0.3) is 5.91 Å². The Morgan fingerprint density at radius 1 is 1.29 bits per heavy atom. The normalized spacial score (nSPS) is 10.4. The van der Waals surface area contributed by atoms with Gasteiger partial charge in [-0.1, -0.05) is 0 Å². The Hall–Kier alpha value is -0.320. The van der Waals surface area contributed by atoms with Gasteiger partial charge in [0.05, 0.1) is 4.47 Å². The van der Waals surface area contributed by atoms with Crippen molar-refractivity contribution in [3.05, 3.63) is 34.1 Å². The molecule has 1 aromatic rings. The molecule has 0 saturated heterocycles. The molecule has 17 heavy (non-hydrogen) atoms. The van der Waals surface area contributed by atoms with Gasteiger partial charge < -0.3 is 4.90 Å². The van der Waals surface area contributed by atoms with Crippen LogP contribution in [0.1, 0.15) is 10.4 Å². The topological polar surface area (TPSA) is 20.3 Å². The third-order valence-electron chi connectivity index (χ3n) is 2.16. The van der Waals surface area contributed by atoms with E-state index in [4.69, 9.17) is 23.2 Å². The van der Waals surface area contributed by atoms with Crippen molar-refractivity contribution in [1.82, 2.24) is 4.90 Å². The van der Waals surface area contributed by atoms with E-state index in [-0.39, 0.29) is 10.4 Å². The van der Waals surface area contributed by atoms with E-state index >= 15 is 0 Å². The predicted octanol–water partition coefficient (Wildman–Crippen LogP) is 3.51. The number of benzene rings is 1. The summed E-state index contributed by atoms with van der Waals surface area (Å²) in [5.41, 5.74) is 0.411. The molecule has 1 aromatic carbocycles. The van der Waals surface area contributed by atoms with Crippen LogP contribution >= 0.6 is 39.1 Å². The molecule has 0 aliphatic rings. The number of carbonyl (C=O) groups is 1. The van der Waals surface area contributed by atoms with Gasteiger partial charge in [0, 0.05) is 30.4 Å². The van der Waals surface area contributed by atoms with Crippen molar-refractivity contribution in [2.24, 2.45) is 0 Å². The summed E-state index contributed by atoms with van der Waals surface area (Å²) in [7, 11) is 0. The van der Waals surface area contributed by atoms with E-state index in [1.807, 2.05) is 0 Å². The smallest absolute Gasteiger partial charge is 0.253 e. The fourth-order valence-corrected chi connectivity index (χ4v) is 2.12. The van der Waals surface area contributed by atoms with Crippen molar-refractivity contribution in [2.45, 2.75) is 0 Å². The quantitative estimate of drug-likeness (QED) is 0.750. The predicted molar refractivity (Wildman–Crippen MR) is 71.4 cm³/mol. The molecule has 0 aliphatic carbocycles. The van der Waals surface area contributed by atoms with Crippen molar-refractivity contribution in [3.63, 3.8) is 0 Å². The first-order valence-corrected chi connectivity index (χ1v) is 6.82.